The number of para-hydroxylation sites is 1. The van der Waals surface area contributed by atoms with Crippen molar-refractivity contribution in [3.63, 3.8) is 0 Å². The summed E-state index contributed by atoms with van der Waals surface area (Å²) in [6, 6.07) is 16.3. The lowest BCUT2D eigenvalue weighted by Crippen LogP contribution is -2.36. The molecule has 4 heteroatoms. The zero-order valence-corrected chi connectivity index (χ0v) is 16.9. The Morgan fingerprint density at radius 1 is 1.14 bits per heavy atom. The molecule has 0 unspecified atom stereocenters. The van der Waals surface area contributed by atoms with Gasteiger partial charge in [-0.05, 0) is 60.6 Å². The highest BCUT2D eigenvalue weighted by Crippen LogP contribution is 2.33. The number of nitrogens with zero attached hydrogens (tertiary/aromatic N) is 1. The van der Waals surface area contributed by atoms with E-state index in [1.54, 1.807) is 6.08 Å². The topological polar surface area (TPSA) is 45.3 Å². The van der Waals surface area contributed by atoms with E-state index >= 15 is 0 Å². The van der Waals surface area contributed by atoms with E-state index in [1.807, 2.05) is 35.2 Å². The van der Waals surface area contributed by atoms with Gasteiger partial charge < -0.3 is 14.6 Å². The molecule has 150 valence electrons. The summed E-state index contributed by atoms with van der Waals surface area (Å²) in [6.07, 6.45) is 8.72. The van der Waals surface area contributed by atoms with Crippen LogP contribution >= 0.6 is 0 Å². The first-order valence-electron chi connectivity index (χ1n) is 10.5. The first-order valence-corrected chi connectivity index (χ1v) is 10.5. The lowest BCUT2D eigenvalue weighted by molar-refractivity contribution is -0.126. The lowest BCUT2D eigenvalue weighted by Gasteiger charge is -2.31. The van der Waals surface area contributed by atoms with Gasteiger partial charge in [0.05, 0.1) is 6.61 Å². The largest absolute Gasteiger partial charge is 0.494 e. The van der Waals surface area contributed by atoms with Crippen LogP contribution in [0.3, 0.4) is 0 Å². The highest BCUT2D eigenvalue weighted by Gasteiger charge is 2.24. The number of ether oxygens (including phenoxy) is 1. The molecule has 0 atom stereocenters. The summed E-state index contributed by atoms with van der Waals surface area (Å²) in [6.45, 7) is 4.42. The summed E-state index contributed by atoms with van der Waals surface area (Å²) in [7, 11) is 0. The predicted molar refractivity (Wildman–Crippen MR) is 118 cm³/mol. The number of H-pyrrole nitrogens is 1. The molecule has 1 N–H and O–H groups in total. The molecule has 1 fully saturated rings. The Morgan fingerprint density at radius 3 is 2.66 bits per heavy atom. The number of amides is 1. The average Bonchev–Trinajstić information content (AvgIpc) is 3.21. The predicted octanol–water partition coefficient (Wildman–Crippen LogP) is 5.38. The molecule has 29 heavy (non-hydrogen) atoms. The Labute approximate surface area is 172 Å². The maximum Gasteiger partial charge on any atom is 0.246 e. The highest BCUT2D eigenvalue weighted by atomic mass is 16.5. The molecular formula is C25H28N2O2. The zero-order chi connectivity index (χ0) is 20.1. The van der Waals surface area contributed by atoms with Gasteiger partial charge in [0.25, 0.3) is 0 Å². The smallest absolute Gasteiger partial charge is 0.246 e. The van der Waals surface area contributed by atoms with Crippen molar-refractivity contribution in [2.45, 2.75) is 32.1 Å². The van der Waals surface area contributed by atoms with Gasteiger partial charge in [-0.2, -0.15) is 0 Å². The first kappa shape index (κ1) is 19.3. The summed E-state index contributed by atoms with van der Waals surface area (Å²) in [5.41, 5.74) is 3.58. The van der Waals surface area contributed by atoms with Crippen molar-refractivity contribution in [2.75, 3.05) is 19.7 Å². The van der Waals surface area contributed by atoms with Crippen molar-refractivity contribution in [3.05, 3.63) is 71.9 Å². The molecule has 3 aromatic rings. The normalized spacial score (nSPS) is 15.3. The van der Waals surface area contributed by atoms with E-state index in [2.05, 4.69) is 42.4 Å². The number of fused-ring (bicyclic) bond motifs is 1. The third-order valence-corrected chi connectivity index (χ3v) is 5.64. The Morgan fingerprint density at radius 2 is 1.90 bits per heavy atom. The molecule has 0 bridgehead atoms. The number of aromatic nitrogens is 1. The molecule has 0 radical (unpaired) electrons. The molecule has 4 nitrogen and oxygen atoms in total. The van der Waals surface area contributed by atoms with Gasteiger partial charge in [0.2, 0.25) is 5.91 Å². The van der Waals surface area contributed by atoms with Crippen LogP contribution in [0.1, 0.15) is 43.2 Å². The van der Waals surface area contributed by atoms with Crippen LogP contribution < -0.4 is 4.74 Å². The van der Waals surface area contributed by atoms with Gasteiger partial charge in [0, 0.05) is 36.3 Å². The quantitative estimate of drug-likeness (QED) is 0.577. The van der Waals surface area contributed by atoms with Gasteiger partial charge in [-0.15, -0.1) is 0 Å². The Kier molecular flexibility index (Phi) is 5.99. The van der Waals surface area contributed by atoms with Gasteiger partial charge in [-0.3, -0.25) is 4.79 Å². The van der Waals surface area contributed by atoms with Gasteiger partial charge in [-0.1, -0.05) is 37.3 Å². The molecule has 0 spiro atoms. The standard InChI is InChI=1S/C25H28N2O2/c1-2-17-29-21-10-7-19(8-11-21)9-12-25(28)27-15-13-20(14-16-27)23-18-26-24-6-4-3-5-22(23)24/h3-12,18,20,26H,2,13-17H2,1H3/b12-9+. The fourth-order valence-electron chi connectivity index (χ4n) is 4.01. The summed E-state index contributed by atoms with van der Waals surface area (Å²) < 4.78 is 5.60. The number of hydrogen-bond donors (Lipinski definition) is 1. The van der Waals surface area contributed by atoms with Crippen LogP contribution in [0.5, 0.6) is 5.75 Å². The molecule has 1 aliphatic rings. The molecule has 1 amide bonds. The van der Waals surface area contributed by atoms with Crippen LogP contribution in [-0.2, 0) is 4.79 Å². The third kappa shape index (κ3) is 4.53. The average molecular weight is 389 g/mol. The molecule has 0 aliphatic carbocycles. The summed E-state index contributed by atoms with van der Waals surface area (Å²) >= 11 is 0. The van der Waals surface area contributed by atoms with Crippen molar-refractivity contribution in [2.24, 2.45) is 0 Å². The van der Waals surface area contributed by atoms with Crippen molar-refractivity contribution >= 4 is 22.9 Å². The Bertz CT molecular complexity index is 979. The molecule has 4 rings (SSSR count). The molecule has 0 saturated carbocycles. The lowest BCUT2D eigenvalue weighted by atomic mass is 9.89. The number of piperidine rings is 1. The first-order chi connectivity index (χ1) is 14.2. The molecule has 1 saturated heterocycles. The minimum atomic E-state index is 0.0914. The summed E-state index contributed by atoms with van der Waals surface area (Å²) in [4.78, 5) is 17.9. The number of carbonyl (C=O) groups excluding carboxylic acids is 1. The van der Waals surface area contributed by atoms with Gasteiger partial charge in [0.15, 0.2) is 0 Å². The third-order valence-electron chi connectivity index (χ3n) is 5.64. The van der Waals surface area contributed by atoms with Gasteiger partial charge in [-0.25, -0.2) is 0 Å². The van der Waals surface area contributed by atoms with E-state index in [4.69, 9.17) is 4.74 Å². The van der Waals surface area contributed by atoms with Crippen LogP contribution in [-0.4, -0.2) is 35.5 Å². The fraction of sp³-hybridized carbons (Fsp3) is 0.320. The zero-order valence-electron chi connectivity index (χ0n) is 16.9. The van der Waals surface area contributed by atoms with E-state index in [0.717, 1.165) is 50.3 Å². The highest BCUT2D eigenvalue weighted by molar-refractivity contribution is 5.92. The molecule has 2 aromatic carbocycles. The van der Waals surface area contributed by atoms with Crippen LogP contribution in [0.25, 0.3) is 17.0 Å². The number of rotatable bonds is 6. The van der Waals surface area contributed by atoms with Crippen LogP contribution in [0.4, 0.5) is 0 Å². The van der Waals surface area contributed by atoms with Crippen LogP contribution in [0, 0.1) is 0 Å². The van der Waals surface area contributed by atoms with Crippen molar-refractivity contribution in [1.82, 2.24) is 9.88 Å². The molecule has 2 heterocycles. The van der Waals surface area contributed by atoms with Crippen molar-refractivity contribution in [3.8, 4) is 5.75 Å². The number of hydrogen-bond acceptors (Lipinski definition) is 2. The van der Waals surface area contributed by atoms with Crippen molar-refractivity contribution in [1.29, 1.82) is 0 Å². The van der Waals surface area contributed by atoms with Gasteiger partial charge >= 0.3 is 0 Å². The van der Waals surface area contributed by atoms with E-state index in [-0.39, 0.29) is 5.91 Å². The van der Waals surface area contributed by atoms with Gasteiger partial charge in [0.1, 0.15) is 5.75 Å². The number of nitrogens with one attached hydrogen (secondary N) is 1. The number of aromatic amines is 1. The molecule has 1 aromatic heterocycles. The second-order valence-corrected chi connectivity index (χ2v) is 7.64. The minimum absolute atomic E-state index is 0.0914. The number of benzene rings is 2. The molecule has 1 aliphatic heterocycles. The van der Waals surface area contributed by atoms with E-state index in [1.165, 1.54) is 16.5 Å². The Hall–Kier alpha value is -3.01. The fourth-order valence-corrected chi connectivity index (χ4v) is 4.01. The summed E-state index contributed by atoms with van der Waals surface area (Å²) in [5, 5.41) is 1.31. The Balaban J connectivity index is 1.32. The number of likely N-dealkylation sites (tertiary alicyclic amines) is 1. The minimum Gasteiger partial charge on any atom is -0.494 e. The SMILES string of the molecule is CCCOc1ccc(/C=C/C(=O)N2CCC(c3c[nH]c4ccccc34)CC2)cc1. The van der Waals surface area contributed by atoms with E-state index in [0.29, 0.717) is 5.92 Å². The van der Waals surface area contributed by atoms with Crippen LogP contribution in [0.15, 0.2) is 60.8 Å². The maximum absolute atomic E-state index is 12.6. The second kappa shape index (κ2) is 8.99. The second-order valence-electron chi connectivity index (χ2n) is 7.64. The molecular weight excluding hydrogens is 360 g/mol. The van der Waals surface area contributed by atoms with E-state index < -0.39 is 0 Å². The van der Waals surface area contributed by atoms with Crippen molar-refractivity contribution < 1.29 is 9.53 Å². The monoisotopic (exact) mass is 388 g/mol. The van der Waals surface area contributed by atoms with Crippen LogP contribution in [0.2, 0.25) is 0 Å². The summed E-state index contributed by atoms with van der Waals surface area (Å²) in [5.74, 6) is 1.47. The number of carbonyl (C=O) groups is 1. The maximum atomic E-state index is 12.6. The van der Waals surface area contributed by atoms with E-state index in [9.17, 15) is 4.79 Å².